The van der Waals surface area contributed by atoms with Gasteiger partial charge in [0.25, 0.3) is 0 Å². The Kier molecular flexibility index (Phi) is 11.4. The Balaban J connectivity index is 0.000000212. The smallest absolute Gasteiger partial charge is 0.0974 e. The molecule has 6 heteroatoms. The average molecular weight is 639 g/mol. The van der Waals surface area contributed by atoms with Gasteiger partial charge in [0.2, 0.25) is 0 Å². The summed E-state index contributed by atoms with van der Waals surface area (Å²) in [5.74, 6) is 0. The van der Waals surface area contributed by atoms with E-state index in [4.69, 9.17) is 24.5 Å². The predicted octanol–water partition coefficient (Wildman–Crippen LogP) is 12.5. The van der Waals surface area contributed by atoms with Gasteiger partial charge in [-0.3, -0.25) is 0 Å². The van der Waals surface area contributed by atoms with Crippen molar-refractivity contribution in [3.05, 3.63) is 0 Å². The molecule has 0 bridgehead atoms. The number of thiol groups is 2. The molecule has 0 aromatic carbocycles. The lowest BCUT2D eigenvalue weighted by Crippen LogP contribution is -2.35. The van der Waals surface area contributed by atoms with E-state index in [2.05, 4.69) is 83.1 Å². The molecule has 0 radical (unpaired) electrons. The van der Waals surface area contributed by atoms with Gasteiger partial charge < -0.3 is 0 Å². The second kappa shape index (κ2) is 12.4. The SMILES string of the molecule is CC(C)(C)[P+]1(S)CCC[C@@H]1[C@H]1CCC[P+]1(S)C(C)(C)C.CC(C)(C)[P@@]1CCC[C@@H]1[C@H]1CCC[P@]1C(C)(C)C. The fourth-order valence-electron chi connectivity index (χ4n) is 8.51. The van der Waals surface area contributed by atoms with Crippen LogP contribution in [0.2, 0.25) is 0 Å². The molecule has 4 fully saturated rings. The van der Waals surface area contributed by atoms with Gasteiger partial charge >= 0.3 is 0 Å². The zero-order chi connectivity index (χ0) is 28.9. The molecule has 224 valence electrons. The molecule has 0 saturated carbocycles. The molecule has 0 aromatic rings. The molecule has 4 heterocycles. The fraction of sp³-hybridized carbons (Fsp3) is 1.00. The number of hydrogen-bond acceptors (Lipinski definition) is 2. The van der Waals surface area contributed by atoms with E-state index < -0.39 is 12.9 Å². The summed E-state index contributed by atoms with van der Waals surface area (Å²) in [4.78, 5) is 0. The summed E-state index contributed by atoms with van der Waals surface area (Å²) in [6.45, 7) is 27.4. The molecule has 4 rings (SSSR count). The van der Waals surface area contributed by atoms with Crippen molar-refractivity contribution in [2.75, 3.05) is 24.6 Å². The number of hydrogen-bond donors (Lipinski definition) is 2. The minimum absolute atomic E-state index is 0.282. The van der Waals surface area contributed by atoms with Crippen LogP contribution in [0, 0.1) is 0 Å². The van der Waals surface area contributed by atoms with Crippen LogP contribution >= 0.6 is 53.3 Å². The van der Waals surface area contributed by atoms with Crippen molar-refractivity contribution in [2.45, 2.75) is 178 Å². The Hall–Kier alpha value is 2.42. The van der Waals surface area contributed by atoms with E-state index in [1.165, 1.54) is 50.8 Å². The Bertz CT molecular complexity index is 723. The van der Waals surface area contributed by atoms with Crippen molar-refractivity contribution < 1.29 is 0 Å². The normalized spacial score (nSPS) is 40.9. The lowest BCUT2D eigenvalue weighted by atomic mass is 10.1. The van der Waals surface area contributed by atoms with Crippen LogP contribution in [0.1, 0.15) is 134 Å². The van der Waals surface area contributed by atoms with Crippen molar-refractivity contribution in [3.63, 3.8) is 0 Å². The van der Waals surface area contributed by atoms with Crippen LogP contribution in [0.25, 0.3) is 0 Å². The van der Waals surface area contributed by atoms with E-state index in [1.807, 2.05) is 0 Å². The van der Waals surface area contributed by atoms with Gasteiger partial charge in [0, 0.05) is 24.5 Å². The first-order chi connectivity index (χ1) is 17.1. The molecule has 0 spiro atoms. The van der Waals surface area contributed by atoms with Gasteiger partial charge in [-0.05, 0) is 127 Å². The Morgan fingerprint density at radius 3 is 1.08 bits per heavy atom. The first-order valence-corrected chi connectivity index (χ1v) is 25.5. The van der Waals surface area contributed by atoms with Crippen LogP contribution in [0.5, 0.6) is 0 Å². The summed E-state index contributed by atoms with van der Waals surface area (Å²) >= 11 is 10.8. The molecule has 8 atom stereocenters. The van der Waals surface area contributed by atoms with Crippen LogP contribution in [-0.2, 0) is 0 Å². The van der Waals surface area contributed by atoms with E-state index in [0.717, 1.165) is 22.6 Å². The summed E-state index contributed by atoms with van der Waals surface area (Å²) in [5, 5.41) is 1.99. The van der Waals surface area contributed by atoms with E-state index in [9.17, 15) is 0 Å². The highest BCUT2D eigenvalue weighted by Gasteiger charge is 2.67. The average Bonchev–Trinajstić information content (AvgIpc) is 3.51. The molecule has 38 heavy (non-hydrogen) atoms. The van der Waals surface area contributed by atoms with Gasteiger partial charge in [0.15, 0.2) is 0 Å². The summed E-state index contributed by atoms with van der Waals surface area (Å²) in [5.41, 5.74) is 4.01. The lowest BCUT2D eigenvalue weighted by Gasteiger charge is -2.42. The molecule has 2 unspecified atom stereocenters. The van der Waals surface area contributed by atoms with Crippen molar-refractivity contribution in [3.8, 4) is 0 Å². The summed E-state index contributed by atoms with van der Waals surface area (Å²) < 4.78 is 0. The van der Waals surface area contributed by atoms with E-state index >= 15 is 0 Å². The van der Waals surface area contributed by atoms with Crippen molar-refractivity contribution in [1.29, 1.82) is 0 Å². The van der Waals surface area contributed by atoms with E-state index in [1.54, 1.807) is 25.2 Å². The molecule has 0 amide bonds. The Morgan fingerprint density at radius 1 is 0.500 bits per heavy atom. The van der Waals surface area contributed by atoms with Crippen molar-refractivity contribution in [1.82, 2.24) is 0 Å². The molecule has 4 aliphatic rings. The van der Waals surface area contributed by atoms with Crippen LogP contribution in [0.15, 0.2) is 0 Å². The van der Waals surface area contributed by atoms with Gasteiger partial charge in [-0.2, -0.15) is 0 Å². The highest BCUT2D eigenvalue weighted by molar-refractivity contribution is 8.55. The van der Waals surface area contributed by atoms with E-state index in [-0.39, 0.29) is 15.8 Å². The molecule has 4 saturated heterocycles. The quantitative estimate of drug-likeness (QED) is 0.218. The standard InChI is InChI=1S/C16H34P2S2.C16H32P2/c1-15(2,3)17(19)11-7-9-13(17)14-10-8-12-18(14,20)16(4,5)6;1-15(2,3)17-11-7-9-13(17)14-10-8-12-18(14)16(4,5)6/h13-14,19-20H,7-12H2,1-6H3;13-14H,7-12H2,1-6H3/q+2;/t13-,14-,17?,18?;13-,14-,17+,18+/m11/s1. The monoisotopic (exact) mass is 638 g/mol. The zero-order valence-corrected chi connectivity index (χ0v) is 32.8. The van der Waals surface area contributed by atoms with Gasteiger partial charge in [-0.1, -0.05) is 57.4 Å². The Morgan fingerprint density at radius 2 is 0.816 bits per heavy atom. The van der Waals surface area contributed by atoms with Gasteiger partial charge in [-0.25, -0.2) is 0 Å². The third-order valence-electron chi connectivity index (χ3n) is 10.6. The second-order valence-corrected chi connectivity index (χ2v) is 36.3. The van der Waals surface area contributed by atoms with Crippen molar-refractivity contribution in [2.24, 2.45) is 0 Å². The summed E-state index contributed by atoms with van der Waals surface area (Å²) in [6.07, 6.45) is 17.8. The van der Waals surface area contributed by atoms with Gasteiger partial charge in [0.1, 0.15) is 11.3 Å². The highest BCUT2D eigenvalue weighted by Crippen LogP contribution is 2.89. The Labute approximate surface area is 254 Å². The predicted molar refractivity (Wildman–Crippen MR) is 196 cm³/mol. The van der Waals surface area contributed by atoms with E-state index in [0.29, 0.717) is 20.6 Å². The minimum Gasteiger partial charge on any atom is -0.0974 e. The molecule has 0 aliphatic carbocycles. The summed E-state index contributed by atoms with van der Waals surface area (Å²) in [7, 11) is 0.564. The maximum absolute atomic E-state index is 5.40. The maximum atomic E-state index is 5.40. The first kappa shape index (κ1) is 34.9. The zero-order valence-electron chi connectivity index (χ0n) is 27.5. The maximum Gasteiger partial charge on any atom is 0.117 e. The third-order valence-corrected chi connectivity index (χ3v) is 35.6. The highest BCUT2D eigenvalue weighted by atomic mass is 32.7. The fourth-order valence-corrected chi connectivity index (χ4v) is 29.1. The first-order valence-electron chi connectivity index (χ1n) is 15.9. The summed E-state index contributed by atoms with van der Waals surface area (Å²) in [6, 6.07) is 0. The van der Waals surface area contributed by atoms with Crippen LogP contribution in [0.3, 0.4) is 0 Å². The van der Waals surface area contributed by atoms with Gasteiger partial charge in [0.05, 0.1) is 35.6 Å². The minimum atomic E-state index is -1.14. The topological polar surface area (TPSA) is 0 Å². The van der Waals surface area contributed by atoms with Crippen LogP contribution in [0.4, 0.5) is 0 Å². The van der Waals surface area contributed by atoms with Crippen LogP contribution < -0.4 is 0 Å². The molecule has 0 N–H and O–H groups in total. The molecule has 4 aliphatic heterocycles. The molecular formula is C32H66P4S2+2. The van der Waals surface area contributed by atoms with Crippen LogP contribution in [-0.4, -0.2) is 67.9 Å². The number of rotatable bonds is 2. The largest absolute Gasteiger partial charge is 0.117 e. The third kappa shape index (κ3) is 7.20. The van der Waals surface area contributed by atoms with Gasteiger partial charge in [-0.15, -0.1) is 0 Å². The molecule has 0 aromatic heterocycles. The second-order valence-electron chi connectivity index (χ2n) is 17.0. The molecular weight excluding hydrogens is 572 g/mol. The van der Waals surface area contributed by atoms with Crippen molar-refractivity contribution >= 4 is 53.3 Å². The molecule has 0 nitrogen and oxygen atoms in total. The lowest BCUT2D eigenvalue weighted by molar-refractivity contribution is 0.669.